The summed E-state index contributed by atoms with van der Waals surface area (Å²) in [5.74, 6) is 0.743. The van der Waals surface area contributed by atoms with Crippen molar-refractivity contribution >= 4 is 16.5 Å². The van der Waals surface area contributed by atoms with Crippen molar-refractivity contribution in [2.24, 2.45) is 5.92 Å². The molecule has 1 N–H and O–H groups in total. The Balaban J connectivity index is 2.32. The zero-order valence-electron chi connectivity index (χ0n) is 7.87. The van der Waals surface area contributed by atoms with Gasteiger partial charge in [0, 0.05) is 17.6 Å². The second-order valence-corrected chi connectivity index (χ2v) is 4.41. The molecule has 0 aliphatic rings. The van der Waals surface area contributed by atoms with Crippen LogP contribution >= 0.6 is 11.3 Å². The number of hydrogen-bond donors (Lipinski definition) is 1. The molecular weight excluding hydrogens is 168 g/mol. The lowest BCUT2D eigenvalue weighted by molar-refractivity contribution is 0.539. The molecule has 3 heteroatoms. The van der Waals surface area contributed by atoms with Crippen molar-refractivity contribution in [2.75, 3.05) is 5.32 Å². The molecule has 0 bridgehead atoms. The standard InChI is InChI=1S/C9H16N2S/c1-7(2)6-8(3)11-9-10-4-5-12-9/h4-5,7-8H,6H2,1-3H3,(H,10,11). The lowest BCUT2D eigenvalue weighted by atomic mass is 10.1. The van der Waals surface area contributed by atoms with Gasteiger partial charge in [-0.15, -0.1) is 11.3 Å². The fraction of sp³-hybridized carbons (Fsp3) is 0.667. The molecule has 1 aromatic rings. The predicted molar refractivity (Wildman–Crippen MR) is 54.7 cm³/mol. The molecule has 1 atom stereocenters. The number of nitrogens with one attached hydrogen (secondary N) is 1. The van der Waals surface area contributed by atoms with E-state index in [0.29, 0.717) is 6.04 Å². The van der Waals surface area contributed by atoms with E-state index in [1.54, 1.807) is 11.3 Å². The molecule has 1 unspecified atom stereocenters. The first-order valence-electron chi connectivity index (χ1n) is 4.34. The Kier molecular flexibility index (Phi) is 3.53. The molecule has 1 aromatic heterocycles. The molecule has 0 saturated carbocycles. The van der Waals surface area contributed by atoms with E-state index in [1.807, 2.05) is 11.6 Å². The fourth-order valence-corrected chi connectivity index (χ4v) is 1.91. The summed E-state index contributed by atoms with van der Waals surface area (Å²) in [7, 11) is 0. The molecule has 0 aromatic carbocycles. The van der Waals surface area contributed by atoms with Gasteiger partial charge in [0.25, 0.3) is 0 Å². The van der Waals surface area contributed by atoms with Gasteiger partial charge in [0.2, 0.25) is 0 Å². The zero-order valence-corrected chi connectivity index (χ0v) is 8.69. The number of hydrogen-bond acceptors (Lipinski definition) is 3. The van der Waals surface area contributed by atoms with Crippen molar-refractivity contribution in [3.05, 3.63) is 11.6 Å². The third kappa shape index (κ3) is 3.22. The van der Waals surface area contributed by atoms with Crippen LogP contribution in [0.4, 0.5) is 5.13 Å². The first kappa shape index (κ1) is 9.52. The third-order valence-electron chi connectivity index (χ3n) is 1.63. The van der Waals surface area contributed by atoms with E-state index < -0.39 is 0 Å². The first-order valence-corrected chi connectivity index (χ1v) is 5.22. The molecule has 1 rings (SSSR count). The Labute approximate surface area is 78.0 Å². The summed E-state index contributed by atoms with van der Waals surface area (Å²) in [6.07, 6.45) is 3.02. The number of aromatic nitrogens is 1. The summed E-state index contributed by atoms with van der Waals surface area (Å²) >= 11 is 1.66. The number of nitrogens with zero attached hydrogens (tertiary/aromatic N) is 1. The highest BCUT2D eigenvalue weighted by Crippen LogP contribution is 2.14. The van der Waals surface area contributed by atoms with E-state index in [2.05, 4.69) is 31.1 Å². The van der Waals surface area contributed by atoms with E-state index in [9.17, 15) is 0 Å². The van der Waals surface area contributed by atoms with Crippen molar-refractivity contribution in [2.45, 2.75) is 33.2 Å². The molecule has 12 heavy (non-hydrogen) atoms. The van der Waals surface area contributed by atoms with E-state index >= 15 is 0 Å². The van der Waals surface area contributed by atoms with Crippen LogP contribution < -0.4 is 5.32 Å². The maximum Gasteiger partial charge on any atom is 0.182 e. The highest BCUT2D eigenvalue weighted by atomic mass is 32.1. The second-order valence-electron chi connectivity index (χ2n) is 3.51. The smallest absolute Gasteiger partial charge is 0.182 e. The van der Waals surface area contributed by atoms with Gasteiger partial charge in [-0.1, -0.05) is 13.8 Å². The Morgan fingerprint density at radius 3 is 2.75 bits per heavy atom. The van der Waals surface area contributed by atoms with Crippen molar-refractivity contribution in [1.29, 1.82) is 0 Å². The minimum absolute atomic E-state index is 0.524. The quantitative estimate of drug-likeness (QED) is 0.778. The van der Waals surface area contributed by atoms with Crippen molar-refractivity contribution in [3.8, 4) is 0 Å². The molecule has 0 aliphatic carbocycles. The number of anilines is 1. The first-order chi connectivity index (χ1) is 5.68. The van der Waals surface area contributed by atoms with Gasteiger partial charge in [-0.3, -0.25) is 0 Å². The van der Waals surface area contributed by atoms with Gasteiger partial charge in [-0.2, -0.15) is 0 Å². The molecule has 0 radical (unpaired) electrons. The summed E-state index contributed by atoms with van der Waals surface area (Å²) < 4.78 is 0. The van der Waals surface area contributed by atoms with Crippen molar-refractivity contribution in [1.82, 2.24) is 4.98 Å². The van der Waals surface area contributed by atoms with Crippen molar-refractivity contribution in [3.63, 3.8) is 0 Å². The SMILES string of the molecule is CC(C)CC(C)Nc1nccs1. The van der Waals surface area contributed by atoms with E-state index in [4.69, 9.17) is 0 Å². The van der Waals surface area contributed by atoms with Gasteiger partial charge in [0.1, 0.15) is 0 Å². The van der Waals surface area contributed by atoms with Gasteiger partial charge >= 0.3 is 0 Å². The molecule has 1 heterocycles. The van der Waals surface area contributed by atoms with Crippen LogP contribution in [0.15, 0.2) is 11.6 Å². The zero-order chi connectivity index (χ0) is 8.97. The molecule has 0 fully saturated rings. The Morgan fingerprint density at radius 1 is 1.50 bits per heavy atom. The van der Waals surface area contributed by atoms with Crippen LogP contribution in [0.2, 0.25) is 0 Å². The summed E-state index contributed by atoms with van der Waals surface area (Å²) in [4.78, 5) is 4.17. The minimum Gasteiger partial charge on any atom is -0.359 e. The Morgan fingerprint density at radius 2 is 2.25 bits per heavy atom. The van der Waals surface area contributed by atoms with Gasteiger partial charge in [-0.25, -0.2) is 4.98 Å². The lowest BCUT2D eigenvalue weighted by Gasteiger charge is -2.14. The van der Waals surface area contributed by atoms with Gasteiger partial charge in [0.05, 0.1) is 0 Å². The van der Waals surface area contributed by atoms with Crippen LogP contribution in [0.25, 0.3) is 0 Å². The summed E-state index contributed by atoms with van der Waals surface area (Å²) in [5, 5.41) is 6.38. The maximum absolute atomic E-state index is 4.17. The van der Waals surface area contributed by atoms with E-state index in [1.165, 1.54) is 6.42 Å². The average Bonchev–Trinajstić information content (AvgIpc) is 2.37. The maximum atomic E-state index is 4.17. The molecule has 0 aliphatic heterocycles. The average molecular weight is 184 g/mol. The van der Waals surface area contributed by atoms with Gasteiger partial charge in [-0.05, 0) is 19.3 Å². The van der Waals surface area contributed by atoms with Gasteiger partial charge in [0.15, 0.2) is 5.13 Å². The topological polar surface area (TPSA) is 24.9 Å². The summed E-state index contributed by atoms with van der Waals surface area (Å²) in [5.41, 5.74) is 0. The second kappa shape index (κ2) is 4.45. The summed E-state index contributed by atoms with van der Waals surface area (Å²) in [6, 6.07) is 0.524. The largest absolute Gasteiger partial charge is 0.359 e. The normalized spacial score (nSPS) is 13.3. The van der Waals surface area contributed by atoms with E-state index in [-0.39, 0.29) is 0 Å². The number of rotatable bonds is 4. The number of thiazole rings is 1. The molecule has 2 nitrogen and oxygen atoms in total. The molecule has 0 spiro atoms. The molecular formula is C9H16N2S. The van der Waals surface area contributed by atoms with Crippen molar-refractivity contribution < 1.29 is 0 Å². The molecule has 0 amide bonds. The van der Waals surface area contributed by atoms with Crippen LogP contribution in [-0.4, -0.2) is 11.0 Å². The summed E-state index contributed by atoms with van der Waals surface area (Å²) in [6.45, 7) is 6.67. The monoisotopic (exact) mass is 184 g/mol. The van der Waals surface area contributed by atoms with Crippen LogP contribution in [0, 0.1) is 5.92 Å². The Hall–Kier alpha value is -0.570. The van der Waals surface area contributed by atoms with Gasteiger partial charge < -0.3 is 5.32 Å². The highest BCUT2D eigenvalue weighted by Gasteiger charge is 2.05. The molecule has 68 valence electrons. The lowest BCUT2D eigenvalue weighted by Crippen LogP contribution is -2.17. The Bertz CT molecular complexity index is 206. The van der Waals surface area contributed by atoms with E-state index in [0.717, 1.165) is 11.0 Å². The highest BCUT2D eigenvalue weighted by molar-refractivity contribution is 7.13. The third-order valence-corrected chi connectivity index (χ3v) is 2.33. The molecule has 0 saturated heterocycles. The van der Waals surface area contributed by atoms with Crippen LogP contribution in [0.5, 0.6) is 0 Å². The van der Waals surface area contributed by atoms with Crippen LogP contribution in [0.3, 0.4) is 0 Å². The van der Waals surface area contributed by atoms with Crippen LogP contribution in [0.1, 0.15) is 27.2 Å². The van der Waals surface area contributed by atoms with Crippen LogP contribution in [-0.2, 0) is 0 Å². The fourth-order valence-electron chi connectivity index (χ4n) is 1.27. The predicted octanol–water partition coefficient (Wildman–Crippen LogP) is 2.99. The minimum atomic E-state index is 0.524.